The van der Waals surface area contributed by atoms with E-state index in [0.717, 1.165) is 14.8 Å². The Morgan fingerprint density at radius 3 is 2.88 bits per heavy atom. The van der Waals surface area contributed by atoms with Crippen LogP contribution in [0.1, 0.15) is 11.3 Å². The van der Waals surface area contributed by atoms with Crippen LogP contribution in [0.2, 0.25) is 5.02 Å². The first-order valence-corrected chi connectivity index (χ1v) is 6.33. The van der Waals surface area contributed by atoms with E-state index in [-0.39, 0.29) is 0 Å². The first kappa shape index (κ1) is 12.4. The quantitative estimate of drug-likeness (QED) is 0.661. The second-order valence-corrected chi connectivity index (χ2v) is 5.15. The number of hydrogen-bond acceptors (Lipinski definition) is 3. The highest BCUT2D eigenvalue weighted by atomic mass is 127. The molecule has 0 aliphatic carbocycles. The molecule has 0 spiro atoms. The standard InChI is InChI=1S/C11H10ClIN4/c1-7-6-17(11(14)16-7)15-5-8-2-3-9(13)4-10(8)12/h2-6H,1H3,(H2,14,16). The minimum Gasteiger partial charge on any atom is -0.368 e. The van der Waals surface area contributed by atoms with Crippen LogP contribution in [0, 0.1) is 10.5 Å². The number of nitrogens with two attached hydrogens (primary N) is 1. The molecule has 4 nitrogen and oxygen atoms in total. The molecule has 0 aliphatic heterocycles. The molecule has 0 bridgehead atoms. The maximum atomic E-state index is 6.09. The Kier molecular flexibility index (Phi) is 3.68. The maximum Gasteiger partial charge on any atom is 0.221 e. The number of imidazole rings is 1. The molecule has 0 radical (unpaired) electrons. The number of rotatable bonds is 2. The summed E-state index contributed by atoms with van der Waals surface area (Å²) >= 11 is 8.30. The second-order valence-electron chi connectivity index (χ2n) is 3.50. The summed E-state index contributed by atoms with van der Waals surface area (Å²) in [6.07, 6.45) is 3.42. The van der Waals surface area contributed by atoms with Crippen molar-refractivity contribution in [2.24, 2.45) is 5.10 Å². The van der Waals surface area contributed by atoms with Gasteiger partial charge in [0.15, 0.2) is 0 Å². The first-order valence-electron chi connectivity index (χ1n) is 4.87. The van der Waals surface area contributed by atoms with Gasteiger partial charge in [0.1, 0.15) is 0 Å². The van der Waals surface area contributed by atoms with Crippen molar-refractivity contribution in [2.75, 3.05) is 5.73 Å². The van der Waals surface area contributed by atoms with Crippen LogP contribution >= 0.6 is 34.2 Å². The number of halogens is 2. The number of hydrogen-bond donors (Lipinski definition) is 1. The fourth-order valence-corrected chi connectivity index (χ4v) is 2.23. The summed E-state index contributed by atoms with van der Waals surface area (Å²) in [4.78, 5) is 4.05. The highest BCUT2D eigenvalue weighted by Crippen LogP contribution is 2.17. The summed E-state index contributed by atoms with van der Waals surface area (Å²) < 4.78 is 2.60. The van der Waals surface area contributed by atoms with Gasteiger partial charge in [-0.3, -0.25) is 0 Å². The van der Waals surface area contributed by atoms with Gasteiger partial charge in [0, 0.05) is 9.13 Å². The van der Waals surface area contributed by atoms with E-state index in [4.69, 9.17) is 17.3 Å². The second kappa shape index (κ2) is 5.05. The normalized spacial score (nSPS) is 11.2. The number of benzene rings is 1. The fourth-order valence-electron chi connectivity index (χ4n) is 1.33. The Balaban J connectivity index is 2.29. The molecule has 0 fully saturated rings. The van der Waals surface area contributed by atoms with Gasteiger partial charge in [-0.15, -0.1) is 0 Å². The molecule has 1 heterocycles. The molecular weight excluding hydrogens is 351 g/mol. The predicted octanol–water partition coefficient (Wildman–Crippen LogP) is 2.91. The Morgan fingerprint density at radius 1 is 1.53 bits per heavy atom. The van der Waals surface area contributed by atoms with Gasteiger partial charge >= 0.3 is 0 Å². The summed E-state index contributed by atoms with van der Waals surface area (Å²) in [5, 5.41) is 4.87. The molecule has 2 rings (SSSR count). The van der Waals surface area contributed by atoms with E-state index in [1.54, 1.807) is 12.4 Å². The SMILES string of the molecule is Cc1cn(N=Cc2ccc(I)cc2Cl)c(N)n1. The van der Waals surface area contributed by atoms with Crippen molar-refractivity contribution in [3.63, 3.8) is 0 Å². The van der Waals surface area contributed by atoms with Gasteiger partial charge < -0.3 is 5.73 Å². The molecule has 88 valence electrons. The molecule has 6 heteroatoms. The average molecular weight is 361 g/mol. The first-order chi connectivity index (χ1) is 8.06. The molecule has 0 unspecified atom stereocenters. The molecule has 0 saturated heterocycles. The van der Waals surface area contributed by atoms with Gasteiger partial charge in [-0.2, -0.15) is 5.10 Å². The van der Waals surface area contributed by atoms with Crippen LogP contribution < -0.4 is 5.73 Å². The lowest BCUT2D eigenvalue weighted by atomic mass is 10.2. The van der Waals surface area contributed by atoms with Crippen LogP contribution in [0.15, 0.2) is 29.5 Å². The number of anilines is 1. The molecule has 0 amide bonds. The Morgan fingerprint density at radius 2 is 2.29 bits per heavy atom. The molecule has 0 saturated carbocycles. The summed E-state index contributed by atoms with van der Waals surface area (Å²) in [6, 6.07) is 5.76. The molecule has 1 aromatic carbocycles. The molecule has 0 atom stereocenters. The summed E-state index contributed by atoms with van der Waals surface area (Å²) in [7, 11) is 0. The van der Waals surface area contributed by atoms with E-state index in [1.807, 2.05) is 25.1 Å². The number of nitrogen functional groups attached to an aromatic ring is 1. The lowest BCUT2D eigenvalue weighted by molar-refractivity contribution is 0.897. The molecule has 2 N–H and O–H groups in total. The highest BCUT2D eigenvalue weighted by molar-refractivity contribution is 14.1. The van der Waals surface area contributed by atoms with Gasteiger partial charge in [0.2, 0.25) is 5.95 Å². The zero-order valence-electron chi connectivity index (χ0n) is 9.06. The van der Waals surface area contributed by atoms with Crippen LogP contribution in [-0.4, -0.2) is 15.9 Å². The maximum absolute atomic E-state index is 6.09. The zero-order chi connectivity index (χ0) is 12.4. The van der Waals surface area contributed by atoms with Crippen LogP contribution in [0.5, 0.6) is 0 Å². The van der Waals surface area contributed by atoms with Crippen molar-refractivity contribution in [1.82, 2.24) is 9.66 Å². The molecule has 0 aliphatic rings. The van der Waals surface area contributed by atoms with Crippen molar-refractivity contribution >= 4 is 46.4 Å². The summed E-state index contributed by atoms with van der Waals surface area (Å²) in [5.41, 5.74) is 7.34. The van der Waals surface area contributed by atoms with Gasteiger partial charge in [0.25, 0.3) is 0 Å². The largest absolute Gasteiger partial charge is 0.368 e. The lowest BCUT2D eigenvalue weighted by Gasteiger charge is -1.99. The minimum atomic E-state index is 0.361. The van der Waals surface area contributed by atoms with Crippen molar-refractivity contribution in [1.29, 1.82) is 0 Å². The lowest BCUT2D eigenvalue weighted by Crippen LogP contribution is -1.97. The summed E-state index contributed by atoms with van der Waals surface area (Å²) in [6.45, 7) is 1.86. The number of aromatic nitrogens is 2. The van der Waals surface area contributed by atoms with Gasteiger partial charge in [-0.1, -0.05) is 17.7 Å². The van der Waals surface area contributed by atoms with E-state index in [0.29, 0.717) is 11.0 Å². The average Bonchev–Trinajstić information content (AvgIpc) is 2.56. The predicted molar refractivity (Wildman–Crippen MR) is 78.5 cm³/mol. The Hall–Kier alpha value is -1.08. The topological polar surface area (TPSA) is 56.2 Å². The third-order valence-electron chi connectivity index (χ3n) is 2.12. The number of aryl methyl sites for hydroxylation is 1. The molecule has 17 heavy (non-hydrogen) atoms. The van der Waals surface area contributed by atoms with E-state index in [1.165, 1.54) is 4.68 Å². The van der Waals surface area contributed by atoms with Crippen molar-refractivity contribution in [2.45, 2.75) is 6.92 Å². The van der Waals surface area contributed by atoms with Crippen molar-refractivity contribution < 1.29 is 0 Å². The van der Waals surface area contributed by atoms with Crippen LogP contribution in [0.25, 0.3) is 0 Å². The highest BCUT2D eigenvalue weighted by Gasteiger charge is 2.00. The molecular formula is C11H10ClIN4. The molecule has 2 aromatic rings. The zero-order valence-corrected chi connectivity index (χ0v) is 12.0. The fraction of sp³-hybridized carbons (Fsp3) is 0.0909. The van der Waals surface area contributed by atoms with Gasteiger partial charge in [-0.25, -0.2) is 9.66 Å². The summed E-state index contributed by atoms with van der Waals surface area (Å²) in [5.74, 6) is 0.361. The van der Waals surface area contributed by atoms with Gasteiger partial charge in [-0.05, 0) is 41.6 Å². The third kappa shape index (κ3) is 2.98. The van der Waals surface area contributed by atoms with Gasteiger partial charge in [0.05, 0.1) is 23.1 Å². The smallest absolute Gasteiger partial charge is 0.221 e. The minimum absolute atomic E-state index is 0.361. The van der Waals surface area contributed by atoms with E-state index >= 15 is 0 Å². The van der Waals surface area contributed by atoms with E-state index < -0.39 is 0 Å². The monoisotopic (exact) mass is 360 g/mol. The van der Waals surface area contributed by atoms with Crippen molar-refractivity contribution in [3.8, 4) is 0 Å². The molecule has 1 aromatic heterocycles. The number of nitrogens with zero attached hydrogens (tertiary/aromatic N) is 3. The van der Waals surface area contributed by atoms with Crippen LogP contribution in [-0.2, 0) is 0 Å². The van der Waals surface area contributed by atoms with Crippen molar-refractivity contribution in [3.05, 3.63) is 44.2 Å². The van der Waals surface area contributed by atoms with E-state index in [2.05, 4.69) is 32.7 Å². The Bertz CT molecular complexity index is 577. The Labute approximate surface area is 118 Å². The third-order valence-corrected chi connectivity index (χ3v) is 3.12. The van der Waals surface area contributed by atoms with E-state index in [9.17, 15) is 0 Å². The van der Waals surface area contributed by atoms with Crippen LogP contribution in [0.3, 0.4) is 0 Å². The van der Waals surface area contributed by atoms with Crippen LogP contribution in [0.4, 0.5) is 5.95 Å².